The molecule has 0 saturated carbocycles. The number of hydrogen-bond donors (Lipinski definition) is 0. The first kappa shape index (κ1) is 14.9. The molecule has 0 aliphatic heterocycles. The van der Waals surface area contributed by atoms with Gasteiger partial charge in [0, 0.05) is 0 Å². The average molecular weight is 287 g/mol. The lowest BCUT2D eigenvalue weighted by Gasteiger charge is -2.27. The fourth-order valence-corrected chi connectivity index (χ4v) is 1.33. The normalized spacial score (nSPS) is 13.6. The standard InChI is InChI=1S/C9H8F4O4S/c10-8(11,9(12,13)18(14,15)16)17-6-7-4-2-1-3-5-7/h1-5H,6H2,(H,14,15,16)/p-1. The number of alkyl halides is 4. The van der Waals surface area contributed by atoms with Gasteiger partial charge in [-0.15, -0.1) is 0 Å². The van der Waals surface area contributed by atoms with Gasteiger partial charge in [0.1, 0.15) is 0 Å². The fourth-order valence-electron chi connectivity index (χ4n) is 0.978. The van der Waals surface area contributed by atoms with E-state index < -0.39 is 28.1 Å². The minimum absolute atomic E-state index is 0.122. The van der Waals surface area contributed by atoms with E-state index in [1.165, 1.54) is 24.3 Å². The van der Waals surface area contributed by atoms with Crippen LogP contribution in [-0.4, -0.2) is 24.3 Å². The quantitative estimate of drug-likeness (QED) is 0.613. The van der Waals surface area contributed by atoms with Crippen molar-refractivity contribution in [3.05, 3.63) is 35.9 Å². The molecule has 0 saturated heterocycles. The predicted molar refractivity (Wildman–Crippen MR) is 50.8 cm³/mol. The van der Waals surface area contributed by atoms with Gasteiger partial charge in [-0.05, 0) is 5.56 Å². The molecule has 0 N–H and O–H groups in total. The smallest absolute Gasteiger partial charge is 0.434 e. The van der Waals surface area contributed by atoms with Gasteiger partial charge in [0.15, 0.2) is 10.1 Å². The highest BCUT2D eigenvalue weighted by Crippen LogP contribution is 2.39. The van der Waals surface area contributed by atoms with Crippen LogP contribution >= 0.6 is 0 Å². The summed E-state index contributed by atoms with van der Waals surface area (Å²) in [6, 6.07) is 7.05. The molecule has 1 aromatic rings. The van der Waals surface area contributed by atoms with E-state index in [0.29, 0.717) is 0 Å². The maximum Gasteiger partial charge on any atom is 0.434 e. The Morgan fingerprint density at radius 2 is 1.61 bits per heavy atom. The van der Waals surface area contributed by atoms with Crippen molar-refractivity contribution in [3.8, 4) is 0 Å². The van der Waals surface area contributed by atoms with Gasteiger partial charge in [-0.3, -0.25) is 0 Å². The molecular weight excluding hydrogens is 280 g/mol. The minimum Gasteiger partial charge on any atom is -0.743 e. The van der Waals surface area contributed by atoms with Crippen LogP contribution in [0.25, 0.3) is 0 Å². The number of halogens is 4. The highest BCUT2D eigenvalue weighted by Gasteiger charge is 2.63. The second kappa shape index (κ2) is 4.82. The van der Waals surface area contributed by atoms with Gasteiger partial charge in [0.25, 0.3) is 0 Å². The van der Waals surface area contributed by atoms with Crippen molar-refractivity contribution in [1.82, 2.24) is 0 Å². The first-order valence-electron chi connectivity index (χ1n) is 4.47. The summed E-state index contributed by atoms with van der Waals surface area (Å²) < 4.78 is 84.6. The molecule has 0 bridgehead atoms. The Morgan fingerprint density at radius 3 is 2.06 bits per heavy atom. The molecule has 0 amide bonds. The van der Waals surface area contributed by atoms with Crippen LogP contribution in [0.1, 0.15) is 5.56 Å². The van der Waals surface area contributed by atoms with E-state index in [9.17, 15) is 30.5 Å². The summed E-state index contributed by atoms with van der Waals surface area (Å²) >= 11 is 0. The van der Waals surface area contributed by atoms with Crippen molar-refractivity contribution in [1.29, 1.82) is 0 Å². The molecule has 18 heavy (non-hydrogen) atoms. The maximum atomic E-state index is 12.8. The van der Waals surface area contributed by atoms with Crippen LogP contribution < -0.4 is 0 Å². The van der Waals surface area contributed by atoms with Crippen LogP contribution in [0.4, 0.5) is 17.6 Å². The number of benzene rings is 1. The van der Waals surface area contributed by atoms with E-state index in [0.717, 1.165) is 0 Å². The Morgan fingerprint density at radius 1 is 1.11 bits per heavy atom. The molecule has 0 spiro atoms. The molecule has 0 radical (unpaired) electrons. The monoisotopic (exact) mass is 287 g/mol. The molecule has 102 valence electrons. The Bertz CT molecular complexity index is 501. The Kier molecular flexibility index (Phi) is 3.99. The van der Waals surface area contributed by atoms with Crippen LogP contribution in [0.5, 0.6) is 0 Å². The van der Waals surface area contributed by atoms with Crippen LogP contribution in [0, 0.1) is 0 Å². The van der Waals surface area contributed by atoms with E-state index in [2.05, 4.69) is 4.74 Å². The Labute approximate surface area is 99.9 Å². The van der Waals surface area contributed by atoms with Crippen molar-refractivity contribution in [2.45, 2.75) is 18.0 Å². The van der Waals surface area contributed by atoms with E-state index in [-0.39, 0.29) is 5.56 Å². The molecular formula is C9H7F4O4S-. The molecule has 0 fully saturated rings. The fraction of sp³-hybridized carbons (Fsp3) is 0.333. The van der Waals surface area contributed by atoms with Crippen molar-refractivity contribution in [2.24, 2.45) is 0 Å². The lowest BCUT2D eigenvalue weighted by Crippen LogP contribution is -2.48. The van der Waals surface area contributed by atoms with Gasteiger partial charge in [-0.25, -0.2) is 8.42 Å². The molecule has 0 unspecified atom stereocenters. The van der Waals surface area contributed by atoms with E-state index in [1.807, 2.05) is 0 Å². The van der Waals surface area contributed by atoms with Gasteiger partial charge in [0.2, 0.25) is 0 Å². The lowest BCUT2D eigenvalue weighted by molar-refractivity contribution is -0.323. The molecule has 0 aromatic heterocycles. The second-order valence-corrected chi connectivity index (χ2v) is 4.68. The van der Waals surface area contributed by atoms with E-state index >= 15 is 0 Å². The lowest BCUT2D eigenvalue weighted by atomic mass is 10.2. The van der Waals surface area contributed by atoms with Crippen molar-refractivity contribution >= 4 is 10.1 Å². The molecule has 9 heteroatoms. The largest absolute Gasteiger partial charge is 0.743 e. The highest BCUT2D eigenvalue weighted by atomic mass is 32.2. The van der Waals surface area contributed by atoms with Crippen molar-refractivity contribution in [2.75, 3.05) is 0 Å². The number of rotatable bonds is 5. The molecule has 0 atom stereocenters. The zero-order chi connectivity index (χ0) is 14.0. The van der Waals surface area contributed by atoms with E-state index in [4.69, 9.17) is 0 Å². The summed E-state index contributed by atoms with van der Waals surface area (Å²) in [4.78, 5) is 0. The summed E-state index contributed by atoms with van der Waals surface area (Å²) in [6.45, 7) is -0.959. The van der Waals surface area contributed by atoms with Crippen LogP contribution in [-0.2, 0) is 21.5 Å². The third-order valence-electron chi connectivity index (χ3n) is 1.92. The zero-order valence-corrected chi connectivity index (χ0v) is 9.46. The SMILES string of the molecule is O=S(=O)([O-])C(F)(F)C(F)(F)OCc1ccccc1. The maximum absolute atomic E-state index is 12.8. The first-order valence-corrected chi connectivity index (χ1v) is 5.88. The molecule has 0 heterocycles. The van der Waals surface area contributed by atoms with E-state index in [1.54, 1.807) is 6.07 Å². The van der Waals surface area contributed by atoms with Crippen LogP contribution in [0.2, 0.25) is 0 Å². The summed E-state index contributed by atoms with van der Waals surface area (Å²) in [6.07, 6.45) is -5.40. The highest BCUT2D eigenvalue weighted by molar-refractivity contribution is 7.86. The van der Waals surface area contributed by atoms with Gasteiger partial charge in [-0.1, -0.05) is 30.3 Å². The average Bonchev–Trinajstić information content (AvgIpc) is 2.26. The summed E-state index contributed by atoms with van der Waals surface area (Å²) in [5.41, 5.74) is 0.122. The van der Waals surface area contributed by atoms with Gasteiger partial charge in [-0.2, -0.15) is 17.6 Å². The van der Waals surface area contributed by atoms with Crippen molar-refractivity contribution < 1.29 is 35.3 Å². The van der Waals surface area contributed by atoms with Crippen LogP contribution in [0.3, 0.4) is 0 Å². The van der Waals surface area contributed by atoms with Gasteiger partial charge < -0.3 is 9.29 Å². The Hall–Kier alpha value is -1.19. The molecule has 1 aromatic carbocycles. The molecule has 0 aliphatic rings. The number of ether oxygens (including phenoxy) is 1. The minimum atomic E-state index is -6.52. The zero-order valence-electron chi connectivity index (χ0n) is 8.65. The predicted octanol–water partition coefficient (Wildman–Crippen LogP) is 1.93. The molecule has 1 rings (SSSR count). The second-order valence-electron chi connectivity index (χ2n) is 3.26. The Balaban J connectivity index is 2.83. The third kappa shape index (κ3) is 2.98. The van der Waals surface area contributed by atoms with Crippen LogP contribution in [0.15, 0.2) is 30.3 Å². The molecule has 0 aliphatic carbocycles. The van der Waals surface area contributed by atoms with Crippen molar-refractivity contribution in [3.63, 3.8) is 0 Å². The van der Waals surface area contributed by atoms with Gasteiger partial charge >= 0.3 is 11.4 Å². The summed E-state index contributed by atoms with van der Waals surface area (Å²) in [5.74, 6) is 0. The van der Waals surface area contributed by atoms with Gasteiger partial charge in [0.05, 0.1) is 6.61 Å². The third-order valence-corrected chi connectivity index (χ3v) is 2.78. The summed E-state index contributed by atoms with van der Waals surface area (Å²) in [5, 5.41) is -5.82. The summed E-state index contributed by atoms with van der Waals surface area (Å²) in [7, 11) is -6.52. The topological polar surface area (TPSA) is 66.4 Å². The number of hydrogen-bond acceptors (Lipinski definition) is 4. The first-order chi connectivity index (χ1) is 8.08. The molecule has 4 nitrogen and oxygen atoms in total.